The maximum Gasteiger partial charge on any atom is 0.307 e. The molecule has 2 rings (SSSR count). The second kappa shape index (κ2) is 7.60. The number of carbonyl (C=O) groups excluding carboxylic acids is 1. The van der Waals surface area contributed by atoms with Crippen molar-refractivity contribution >= 4 is 5.97 Å². The molecule has 0 amide bonds. The first-order chi connectivity index (χ1) is 10.1. The van der Waals surface area contributed by atoms with Crippen molar-refractivity contribution in [1.29, 1.82) is 0 Å². The summed E-state index contributed by atoms with van der Waals surface area (Å²) in [5, 5.41) is 3.67. The van der Waals surface area contributed by atoms with E-state index in [2.05, 4.69) is 37.4 Å². The van der Waals surface area contributed by atoms with E-state index in [9.17, 15) is 4.79 Å². The zero-order valence-corrected chi connectivity index (χ0v) is 13.4. The van der Waals surface area contributed by atoms with Crippen molar-refractivity contribution in [3.63, 3.8) is 0 Å². The van der Waals surface area contributed by atoms with E-state index in [-0.39, 0.29) is 12.0 Å². The fourth-order valence-corrected chi connectivity index (χ4v) is 3.24. The number of esters is 1. The Bertz CT molecular complexity index is 478. The van der Waals surface area contributed by atoms with Crippen LogP contribution >= 0.6 is 0 Å². The number of methoxy groups -OCH3 is 1. The van der Waals surface area contributed by atoms with Crippen molar-refractivity contribution in [2.75, 3.05) is 7.11 Å². The highest BCUT2D eigenvalue weighted by atomic mass is 16.5. The molecule has 1 unspecified atom stereocenters. The highest BCUT2D eigenvalue weighted by Gasteiger charge is 2.22. The molecular formula is C18H27NO2. The molecule has 1 atom stereocenters. The summed E-state index contributed by atoms with van der Waals surface area (Å²) in [4.78, 5) is 11.7. The summed E-state index contributed by atoms with van der Waals surface area (Å²) in [7, 11) is 1.46. The molecular weight excluding hydrogens is 262 g/mol. The Morgan fingerprint density at radius 2 is 2.05 bits per heavy atom. The molecule has 0 heterocycles. The van der Waals surface area contributed by atoms with Gasteiger partial charge in [0.1, 0.15) is 0 Å². The van der Waals surface area contributed by atoms with Gasteiger partial charge in [-0.15, -0.1) is 0 Å². The Morgan fingerprint density at radius 3 is 2.67 bits per heavy atom. The lowest BCUT2D eigenvalue weighted by molar-refractivity contribution is -0.141. The van der Waals surface area contributed by atoms with Gasteiger partial charge in [0.15, 0.2) is 0 Å². The molecule has 1 fully saturated rings. The predicted octanol–water partition coefficient (Wildman–Crippen LogP) is 3.31. The Labute approximate surface area is 128 Å². The van der Waals surface area contributed by atoms with E-state index < -0.39 is 0 Å². The van der Waals surface area contributed by atoms with Crippen LogP contribution in [0.4, 0.5) is 0 Å². The monoisotopic (exact) mass is 289 g/mol. The summed E-state index contributed by atoms with van der Waals surface area (Å²) in [5.74, 6) is -0.129. The van der Waals surface area contributed by atoms with E-state index in [0.29, 0.717) is 12.5 Å². The van der Waals surface area contributed by atoms with E-state index in [1.807, 2.05) is 0 Å². The van der Waals surface area contributed by atoms with Gasteiger partial charge in [-0.2, -0.15) is 0 Å². The molecule has 1 N–H and O–H groups in total. The van der Waals surface area contributed by atoms with Crippen LogP contribution in [0.25, 0.3) is 0 Å². The van der Waals surface area contributed by atoms with E-state index in [4.69, 9.17) is 4.74 Å². The number of ether oxygens (including phenoxy) is 1. The molecule has 116 valence electrons. The van der Waals surface area contributed by atoms with Crippen LogP contribution < -0.4 is 5.32 Å². The van der Waals surface area contributed by atoms with Gasteiger partial charge in [-0.25, -0.2) is 0 Å². The number of rotatable bonds is 6. The lowest BCUT2D eigenvalue weighted by atomic mass is 9.97. The number of carbonyl (C=O) groups is 1. The normalized spacial score (nSPS) is 16.9. The van der Waals surface area contributed by atoms with Crippen LogP contribution in [-0.4, -0.2) is 25.2 Å². The molecule has 0 bridgehead atoms. The second-order valence-electron chi connectivity index (χ2n) is 6.26. The Kier molecular flexibility index (Phi) is 5.80. The molecule has 0 radical (unpaired) electrons. The van der Waals surface area contributed by atoms with Crippen molar-refractivity contribution in [1.82, 2.24) is 5.32 Å². The first-order valence-corrected chi connectivity index (χ1v) is 7.97. The first-order valence-electron chi connectivity index (χ1n) is 7.97. The zero-order chi connectivity index (χ0) is 15.2. The van der Waals surface area contributed by atoms with Crippen LogP contribution in [0, 0.1) is 13.8 Å². The van der Waals surface area contributed by atoms with E-state index in [1.165, 1.54) is 49.5 Å². The third-order valence-electron chi connectivity index (χ3n) is 4.43. The summed E-state index contributed by atoms with van der Waals surface area (Å²) in [6.45, 7) is 4.26. The van der Waals surface area contributed by atoms with E-state index in [0.717, 1.165) is 6.42 Å². The maximum atomic E-state index is 11.7. The molecule has 1 aliphatic carbocycles. The summed E-state index contributed by atoms with van der Waals surface area (Å²) >= 11 is 0. The Hall–Kier alpha value is -1.35. The minimum Gasteiger partial charge on any atom is -0.469 e. The molecule has 1 saturated carbocycles. The molecule has 0 aromatic heterocycles. The minimum absolute atomic E-state index is 0.129. The van der Waals surface area contributed by atoms with Crippen LogP contribution in [0.2, 0.25) is 0 Å². The molecule has 21 heavy (non-hydrogen) atoms. The van der Waals surface area contributed by atoms with Crippen LogP contribution in [-0.2, 0) is 16.0 Å². The maximum absolute atomic E-state index is 11.7. The van der Waals surface area contributed by atoms with Gasteiger partial charge in [0.25, 0.3) is 0 Å². The largest absolute Gasteiger partial charge is 0.469 e. The average Bonchev–Trinajstić information content (AvgIpc) is 2.94. The average molecular weight is 289 g/mol. The first kappa shape index (κ1) is 16.0. The van der Waals surface area contributed by atoms with Crippen LogP contribution in [0.3, 0.4) is 0 Å². The predicted molar refractivity (Wildman–Crippen MR) is 85.4 cm³/mol. The minimum atomic E-state index is -0.129. The van der Waals surface area contributed by atoms with Gasteiger partial charge in [-0.3, -0.25) is 4.79 Å². The fraction of sp³-hybridized carbons (Fsp3) is 0.611. The van der Waals surface area contributed by atoms with Gasteiger partial charge in [-0.1, -0.05) is 36.6 Å². The van der Waals surface area contributed by atoms with Crippen molar-refractivity contribution in [2.24, 2.45) is 0 Å². The lowest BCUT2D eigenvalue weighted by Crippen LogP contribution is -2.40. The topological polar surface area (TPSA) is 38.3 Å². The van der Waals surface area contributed by atoms with Crippen LogP contribution in [0.5, 0.6) is 0 Å². The zero-order valence-electron chi connectivity index (χ0n) is 13.4. The molecule has 3 nitrogen and oxygen atoms in total. The molecule has 3 heteroatoms. The van der Waals surface area contributed by atoms with Gasteiger partial charge >= 0.3 is 5.97 Å². The SMILES string of the molecule is COC(=O)CC(Cc1ccc(C)cc1C)NC1CCCC1. The standard InChI is InChI=1S/C18H27NO2/c1-13-8-9-15(14(2)10-13)11-17(12-18(20)21-3)19-16-6-4-5-7-16/h8-10,16-17,19H,4-7,11-12H2,1-3H3. The number of benzene rings is 1. The Morgan fingerprint density at radius 1 is 1.33 bits per heavy atom. The van der Waals surface area contributed by atoms with Crippen molar-refractivity contribution in [2.45, 2.75) is 64.5 Å². The summed E-state index contributed by atoms with van der Waals surface area (Å²) in [6, 6.07) is 7.27. The summed E-state index contributed by atoms with van der Waals surface area (Å²) in [6.07, 6.45) is 6.38. The summed E-state index contributed by atoms with van der Waals surface area (Å²) < 4.78 is 4.85. The number of hydrogen-bond donors (Lipinski definition) is 1. The quantitative estimate of drug-likeness (QED) is 0.817. The van der Waals surface area contributed by atoms with Crippen molar-refractivity contribution < 1.29 is 9.53 Å². The lowest BCUT2D eigenvalue weighted by Gasteiger charge is -2.23. The molecule has 1 aromatic rings. The number of hydrogen-bond acceptors (Lipinski definition) is 3. The third kappa shape index (κ3) is 4.85. The van der Waals surface area contributed by atoms with Crippen molar-refractivity contribution in [3.05, 3.63) is 34.9 Å². The molecule has 0 aliphatic heterocycles. The van der Waals surface area contributed by atoms with Gasteiger partial charge in [-0.05, 0) is 44.2 Å². The second-order valence-corrected chi connectivity index (χ2v) is 6.26. The molecule has 1 aliphatic rings. The highest BCUT2D eigenvalue weighted by molar-refractivity contribution is 5.70. The smallest absolute Gasteiger partial charge is 0.307 e. The highest BCUT2D eigenvalue weighted by Crippen LogP contribution is 2.20. The third-order valence-corrected chi connectivity index (χ3v) is 4.43. The van der Waals surface area contributed by atoms with Crippen LogP contribution in [0.1, 0.15) is 48.8 Å². The molecule has 0 saturated heterocycles. The Balaban J connectivity index is 2.04. The number of nitrogens with one attached hydrogen (secondary N) is 1. The summed E-state index contributed by atoms with van der Waals surface area (Å²) in [5.41, 5.74) is 3.91. The molecule has 1 aromatic carbocycles. The van der Waals surface area contributed by atoms with E-state index in [1.54, 1.807) is 0 Å². The van der Waals surface area contributed by atoms with Gasteiger partial charge in [0, 0.05) is 12.1 Å². The van der Waals surface area contributed by atoms with Crippen LogP contribution in [0.15, 0.2) is 18.2 Å². The van der Waals surface area contributed by atoms with Gasteiger partial charge in [0.2, 0.25) is 0 Å². The van der Waals surface area contributed by atoms with Gasteiger partial charge in [0.05, 0.1) is 13.5 Å². The van der Waals surface area contributed by atoms with E-state index >= 15 is 0 Å². The van der Waals surface area contributed by atoms with Crippen molar-refractivity contribution in [3.8, 4) is 0 Å². The number of aryl methyl sites for hydroxylation is 2. The molecule has 0 spiro atoms. The van der Waals surface area contributed by atoms with Gasteiger partial charge < -0.3 is 10.1 Å². The fourth-order valence-electron chi connectivity index (χ4n) is 3.24.